The number of hydrogen-bond acceptors (Lipinski definition) is 2. The number of aromatic hydroxyl groups is 1. The average molecular weight is 285 g/mol. The molecule has 100 valence electrons. The number of aryl methyl sites for hydroxylation is 1. The molecule has 0 bridgehead atoms. The minimum Gasteiger partial charge on any atom is -0.504 e. The maximum atomic E-state index is 10.5. The van der Waals surface area contributed by atoms with Gasteiger partial charge in [-0.2, -0.15) is 5.10 Å². The summed E-state index contributed by atoms with van der Waals surface area (Å²) in [6, 6.07) is 17.0. The number of rotatable bonds is 2. The minimum atomic E-state index is 0.145. The Labute approximate surface area is 122 Å². The van der Waals surface area contributed by atoms with Gasteiger partial charge in [0.25, 0.3) is 0 Å². The Hall–Kier alpha value is -2.26. The van der Waals surface area contributed by atoms with Gasteiger partial charge in [-0.15, -0.1) is 0 Å². The van der Waals surface area contributed by atoms with Crippen molar-refractivity contribution >= 4 is 11.6 Å². The third-order valence-electron chi connectivity index (χ3n) is 3.20. The van der Waals surface area contributed by atoms with E-state index >= 15 is 0 Å². The molecule has 1 heterocycles. The molecule has 3 aromatic rings. The zero-order valence-corrected chi connectivity index (χ0v) is 11.7. The largest absolute Gasteiger partial charge is 0.504 e. The van der Waals surface area contributed by atoms with Crippen LogP contribution in [0.15, 0.2) is 54.6 Å². The average Bonchev–Trinajstić information content (AvgIpc) is 2.75. The summed E-state index contributed by atoms with van der Waals surface area (Å²) in [5.41, 5.74) is 2.82. The monoisotopic (exact) mass is 284 g/mol. The molecule has 0 aliphatic heterocycles. The molecule has 4 heteroatoms. The quantitative estimate of drug-likeness (QED) is 0.769. The highest BCUT2D eigenvalue weighted by atomic mass is 35.5. The van der Waals surface area contributed by atoms with Crippen LogP contribution in [0, 0.1) is 0 Å². The van der Waals surface area contributed by atoms with Crippen LogP contribution in [0.5, 0.6) is 5.75 Å². The van der Waals surface area contributed by atoms with Crippen LogP contribution in [-0.2, 0) is 7.05 Å². The number of hydrogen-bond donors (Lipinski definition) is 1. The predicted octanol–water partition coefficient (Wildman–Crippen LogP) is 4.11. The third kappa shape index (κ3) is 2.06. The number of benzene rings is 2. The molecule has 0 aliphatic rings. The maximum absolute atomic E-state index is 10.5. The van der Waals surface area contributed by atoms with Gasteiger partial charge in [-0.1, -0.05) is 60.1 Å². The highest BCUT2D eigenvalue weighted by molar-refractivity contribution is 6.33. The molecule has 1 aromatic heterocycles. The normalized spacial score (nSPS) is 10.7. The van der Waals surface area contributed by atoms with E-state index in [4.69, 9.17) is 11.6 Å². The highest BCUT2D eigenvalue weighted by Gasteiger charge is 2.19. The first kappa shape index (κ1) is 12.8. The minimum absolute atomic E-state index is 0.145. The van der Waals surface area contributed by atoms with Gasteiger partial charge in [0.1, 0.15) is 11.4 Å². The third-order valence-corrected chi connectivity index (χ3v) is 3.53. The molecule has 0 unspecified atom stereocenters. The molecule has 0 spiro atoms. The van der Waals surface area contributed by atoms with E-state index in [0.717, 1.165) is 11.1 Å². The second kappa shape index (κ2) is 5.02. The standard InChI is InChI=1S/C16H13ClN2O/c1-19-15(11-7-3-2-4-8-11)16(20)14(18-19)12-9-5-6-10-13(12)17/h2-10,20H,1H3. The second-order valence-corrected chi connectivity index (χ2v) is 4.92. The fraction of sp³-hybridized carbons (Fsp3) is 0.0625. The molecule has 0 radical (unpaired) electrons. The first-order chi connectivity index (χ1) is 9.68. The van der Waals surface area contributed by atoms with Gasteiger partial charge in [-0.05, 0) is 6.07 Å². The van der Waals surface area contributed by atoms with Crippen molar-refractivity contribution in [2.45, 2.75) is 0 Å². The summed E-state index contributed by atoms with van der Waals surface area (Å²) in [5, 5.41) is 15.5. The van der Waals surface area contributed by atoms with E-state index in [0.29, 0.717) is 16.4 Å². The number of nitrogens with zero attached hydrogens (tertiary/aromatic N) is 2. The predicted molar refractivity (Wildman–Crippen MR) is 80.8 cm³/mol. The molecule has 2 aromatic carbocycles. The second-order valence-electron chi connectivity index (χ2n) is 4.52. The van der Waals surface area contributed by atoms with Crippen LogP contribution in [0.1, 0.15) is 0 Å². The zero-order chi connectivity index (χ0) is 14.1. The van der Waals surface area contributed by atoms with E-state index in [1.165, 1.54) is 0 Å². The van der Waals surface area contributed by atoms with Crippen LogP contribution >= 0.6 is 11.6 Å². The van der Waals surface area contributed by atoms with Gasteiger partial charge in [-0.3, -0.25) is 4.68 Å². The summed E-state index contributed by atoms with van der Waals surface area (Å²) in [6.07, 6.45) is 0. The fourth-order valence-corrected chi connectivity index (χ4v) is 2.49. The molecule has 20 heavy (non-hydrogen) atoms. The Balaban J connectivity index is 2.20. The van der Waals surface area contributed by atoms with Crippen molar-refractivity contribution in [3.05, 3.63) is 59.6 Å². The van der Waals surface area contributed by atoms with Gasteiger partial charge in [0.15, 0.2) is 5.75 Å². The van der Waals surface area contributed by atoms with Gasteiger partial charge in [0, 0.05) is 18.2 Å². The SMILES string of the molecule is Cn1nc(-c2ccccc2Cl)c(O)c1-c1ccccc1. The van der Waals surface area contributed by atoms with Crippen LogP contribution in [0.25, 0.3) is 22.5 Å². The van der Waals surface area contributed by atoms with Crippen molar-refractivity contribution in [1.29, 1.82) is 0 Å². The van der Waals surface area contributed by atoms with E-state index in [-0.39, 0.29) is 5.75 Å². The van der Waals surface area contributed by atoms with E-state index in [2.05, 4.69) is 5.10 Å². The Morgan fingerprint density at radius 2 is 1.65 bits per heavy atom. The molecule has 1 N–H and O–H groups in total. The molecule has 0 fully saturated rings. The topological polar surface area (TPSA) is 38.0 Å². The van der Waals surface area contributed by atoms with E-state index in [1.54, 1.807) is 10.7 Å². The molecule has 0 saturated carbocycles. The van der Waals surface area contributed by atoms with Crippen LogP contribution in [0.2, 0.25) is 5.02 Å². The van der Waals surface area contributed by atoms with Crippen LogP contribution in [-0.4, -0.2) is 14.9 Å². The Morgan fingerprint density at radius 3 is 2.35 bits per heavy atom. The van der Waals surface area contributed by atoms with Gasteiger partial charge < -0.3 is 5.11 Å². The fourth-order valence-electron chi connectivity index (χ4n) is 2.27. The van der Waals surface area contributed by atoms with Crippen molar-refractivity contribution in [3.8, 4) is 28.3 Å². The Kier molecular flexibility index (Phi) is 3.20. The summed E-state index contributed by atoms with van der Waals surface area (Å²) in [4.78, 5) is 0. The summed E-state index contributed by atoms with van der Waals surface area (Å²) < 4.78 is 1.67. The molecule has 3 rings (SSSR count). The van der Waals surface area contributed by atoms with Crippen LogP contribution in [0.3, 0.4) is 0 Å². The van der Waals surface area contributed by atoms with Gasteiger partial charge in [0.2, 0.25) is 0 Å². The summed E-state index contributed by atoms with van der Waals surface area (Å²) in [6.45, 7) is 0. The lowest BCUT2D eigenvalue weighted by molar-refractivity contribution is 0.478. The first-order valence-corrected chi connectivity index (χ1v) is 6.62. The maximum Gasteiger partial charge on any atom is 0.169 e. The molecular weight excluding hydrogens is 272 g/mol. The Morgan fingerprint density at radius 1 is 1.00 bits per heavy atom. The number of halogens is 1. The van der Waals surface area contributed by atoms with Crippen molar-refractivity contribution in [3.63, 3.8) is 0 Å². The molecule has 0 saturated heterocycles. The molecule has 0 amide bonds. The first-order valence-electron chi connectivity index (χ1n) is 6.25. The van der Waals surface area contributed by atoms with E-state index in [9.17, 15) is 5.11 Å². The highest BCUT2D eigenvalue weighted by Crippen LogP contribution is 2.39. The lowest BCUT2D eigenvalue weighted by Gasteiger charge is -2.02. The zero-order valence-electron chi connectivity index (χ0n) is 10.9. The molecule has 0 atom stereocenters. The molecular formula is C16H13ClN2O. The van der Waals surface area contributed by atoms with Gasteiger partial charge >= 0.3 is 0 Å². The Bertz CT molecular complexity index is 750. The van der Waals surface area contributed by atoms with E-state index < -0.39 is 0 Å². The summed E-state index contributed by atoms with van der Waals surface area (Å²) in [7, 11) is 1.81. The lowest BCUT2D eigenvalue weighted by Crippen LogP contribution is -1.93. The van der Waals surface area contributed by atoms with Crippen molar-refractivity contribution in [2.75, 3.05) is 0 Å². The lowest BCUT2D eigenvalue weighted by atomic mass is 10.1. The van der Waals surface area contributed by atoms with Crippen LogP contribution < -0.4 is 0 Å². The van der Waals surface area contributed by atoms with Gasteiger partial charge in [0.05, 0.1) is 5.02 Å². The van der Waals surface area contributed by atoms with Crippen molar-refractivity contribution in [2.24, 2.45) is 7.05 Å². The van der Waals surface area contributed by atoms with Crippen molar-refractivity contribution < 1.29 is 5.11 Å². The van der Waals surface area contributed by atoms with Crippen molar-refractivity contribution in [1.82, 2.24) is 9.78 Å². The smallest absolute Gasteiger partial charge is 0.169 e. The van der Waals surface area contributed by atoms with Crippen LogP contribution in [0.4, 0.5) is 0 Å². The molecule has 3 nitrogen and oxygen atoms in total. The summed E-state index contributed by atoms with van der Waals surface area (Å²) >= 11 is 6.18. The van der Waals surface area contributed by atoms with Gasteiger partial charge in [-0.25, -0.2) is 0 Å². The van der Waals surface area contributed by atoms with E-state index in [1.807, 2.05) is 55.6 Å². The molecule has 0 aliphatic carbocycles. The number of aromatic nitrogens is 2. The summed E-state index contributed by atoms with van der Waals surface area (Å²) in [5.74, 6) is 0.145.